The number of nitrogens with zero attached hydrogens (tertiary/aromatic N) is 4. The maximum absolute atomic E-state index is 12.9. The Balaban J connectivity index is 1.60. The fourth-order valence-corrected chi connectivity index (χ4v) is 3.85. The van der Waals surface area contributed by atoms with E-state index in [1.807, 2.05) is 36.4 Å². The molecule has 0 bridgehead atoms. The molecule has 6 nitrogen and oxygen atoms in total. The van der Waals surface area contributed by atoms with Crippen LogP contribution in [0.2, 0.25) is 0 Å². The Labute approximate surface area is 171 Å². The lowest BCUT2D eigenvalue weighted by atomic mass is 9.86. The van der Waals surface area contributed by atoms with Gasteiger partial charge in [-0.05, 0) is 23.8 Å². The minimum atomic E-state index is -0.339. The number of benzene rings is 1. The fourth-order valence-electron chi connectivity index (χ4n) is 3.85. The summed E-state index contributed by atoms with van der Waals surface area (Å²) in [4.78, 5) is 19.6. The minimum absolute atomic E-state index is 0.0476. The lowest BCUT2D eigenvalue weighted by Crippen LogP contribution is -2.39. The molecule has 1 saturated heterocycles. The molecule has 3 heterocycles. The van der Waals surface area contributed by atoms with E-state index in [4.69, 9.17) is 0 Å². The van der Waals surface area contributed by atoms with Crippen molar-refractivity contribution in [3.05, 3.63) is 59.4 Å². The molecule has 0 aliphatic carbocycles. The number of Topliss-reactive ketones (excluding diaryl/α,β-unsaturated/α-hetero) is 1. The number of rotatable bonds is 4. The topological polar surface area (TPSA) is 70.7 Å². The third-order valence-electron chi connectivity index (χ3n) is 5.53. The summed E-state index contributed by atoms with van der Waals surface area (Å²) in [6.45, 7) is 7.91. The van der Waals surface area contributed by atoms with Crippen LogP contribution in [0.4, 0.5) is 5.82 Å². The van der Waals surface area contributed by atoms with Crippen LogP contribution in [-0.2, 0) is 11.8 Å². The molecule has 29 heavy (non-hydrogen) atoms. The molecular weight excluding hydrogens is 364 g/mol. The highest BCUT2D eigenvalue weighted by molar-refractivity contribution is 5.97. The van der Waals surface area contributed by atoms with E-state index in [9.17, 15) is 9.90 Å². The maximum Gasteiger partial charge on any atom is 0.168 e. The summed E-state index contributed by atoms with van der Waals surface area (Å²) in [7, 11) is 0. The Kier molecular flexibility index (Phi) is 5.13. The van der Waals surface area contributed by atoms with Crippen molar-refractivity contribution in [3.63, 3.8) is 0 Å². The number of hydrogen-bond acceptors (Lipinski definition) is 5. The second kappa shape index (κ2) is 7.59. The first-order valence-electron chi connectivity index (χ1n) is 10.2. The third kappa shape index (κ3) is 4.17. The van der Waals surface area contributed by atoms with Crippen molar-refractivity contribution in [2.75, 3.05) is 18.0 Å². The number of anilines is 1. The van der Waals surface area contributed by atoms with Gasteiger partial charge in [-0.2, -0.15) is 9.61 Å². The molecule has 6 heteroatoms. The van der Waals surface area contributed by atoms with Crippen LogP contribution in [0.25, 0.3) is 5.65 Å². The number of carbonyl (C=O) groups is 1. The molecule has 152 valence electrons. The van der Waals surface area contributed by atoms with Crippen LogP contribution < -0.4 is 4.90 Å². The van der Waals surface area contributed by atoms with Gasteiger partial charge in [-0.25, -0.2) is 4.98 Å². The summed E-state index contributed by atoms with van der Waals surface area (Å²) in [5, 5.41) is 14.4. The van der Waals surface area contributed by atoms with E-state index in [0.717, 1.165) is 30.9 Å². The number of β-amino-alcohol motifs (C(OH)–C–C–N with tert-alkyl or cyclic N) is 1. The van der Waals surface area contributed by atoms with Gasteiger partial charge in [0.2, 0.25) is 0 Å². The average molecular weight is 393 g/mol. The minimum Gasteiger partial charge on any atom is -0.391 e. The molecule has 1 aliphatic rings. The highest BCUT2D eigenvalue weighted by Gasteiger charge is 2.22. The number of ketones is 1. The summed E-state index contributed by atoms with van der Waals surface area (Å²) in [6.07, 6.45) is 3.36. The lowest BCUT2D eigenvalue weighted by molar-refractivity contribution is 0.0992. The first-order chi connectivity index (χ1) is 13.8. The van der Waals surface area contributed by atoms with E-state index >= 15 is 0 Å². The van der Waals surface area contributed by atoms with Crippen LogP contribution in [0.1, 0.15) is 55.2 Å². The van der Waals surface area contributed by atoms with Gasteiger partial charge in [0, 0.05) is 30.8 Å². The van der Waals surface area contributed by atoms with Crippen molar-refractivity contribution in [3.8, 4) is 0 Å². The Morgan fingerprint density at radius 1 is 1.21 bits per heavy atom. The molecule has 0 spiro atoms. The van der Waals surface area contributed by atoms with Crippen molar-refractivity contribution in [2.24, 2.45) is 0 Å². The zero-order valence-corrected chi connectivity index (χ0v) is 17.3. The highest BCUT2D eigenvalue weighted by Crippen LogP contribution is 2.24. The Morgan fingerprint density at radius 3 is 2.66 bits per heavy atom. The summed E-state index contributed by atoms with van der Waals surface area (Å²) in [5.41, 5.74) is 3.40. The molecule has 0 saturated carbocycles. The van der Waals surface area contributed by atoms with Gasteiger partial charge >= 0.3 is 0 Å². The summed E-state index contributed by atoms with van der Waals surface area (Å²) < 4.78 is 1.78. The van der Waals surface area contributed by atoms with Crippen LogP contribution in [0, 0.1) is 0 Å². The van der Waals surface area contributed by atoms with E-state index < -0.39 is 0 Å². The zero-order valence-electron chi connectivity index (χ0n) is 17.3. The highest BCUT2D eigenvalue weighted by atomic mass is 16.3. The van der Waals surface area contributed by atoms with E-state index in [-0.39, 0.29) is 23.7 Å². The SMILES string of the molecule is CC(C)(C)c1ccc(C(=O)Cc2cc(N3CCC[C@H](O)C3)n3nccc3n2)cc1. The number of aromatic nitrogens is 3. The molecule has 1 fully saturated rings. The predicted molar refractivity (Wildman–Crippen MR) is 114 cm³/mol. The second-order valence-electron chi connectivity index (χ2n) is 8.88. The number of aliphatic hydroxyl groups excluding tert-OH is 1. The standard InChI is InChI=1S/C23H28N4O2/c1-23(2,3)17-8-6-16(7-9-17)20(29)13-18-14-22(26-12-4-5-19(28)15-26)27-21(25-18)10-11-24-27/h6-11,14,19,28H,4-5,12-13,15H2,1-3H3/t19-/m0/s1. The Morgan fingerprint density at radius 2 is 1.97 bits per heavy atom. The molecule has 3 aromatic rings. The van der Waals surface area contributed by atoms with Crippen LogP contribution in [0.5, 0.6) is 0 Å². The van der Waals surface area contributed by atoms with Gasteiger partial charge in [-0.15, -0.1) is 0 Å². The lowest BCUT2D eigenvalue weighted by Gasteiger charge is -2.32. The molecule has 0 amide bonds. The van der Waals surface area contributed by atoms with Gasteiger partial charge in [0.05, 0.1) is 24.4 Å². The first-order valence-corrected chi connectivity index (χ1v) is 10.2. The molecule has 1 aliphatic heterocycles. The predicted octanol–water partition coefficient (Wildman–Crippen LogP) is 3.41. The number of piperidine rings is 1. The quantitative estimate of drug-likeness (QED) is 0.689. The summed E-state index contributed by atoms with van der Waals surface area (Å²) in [5.74, 6) is 0.927. The van der Waals surface area contributed by atoms with E-state index in [0.29, 0.717) is 17.8 Å². The Bertz CT molecular complexity index is 1020. The van der Waals surface area contributed by atoms with Crippen molar-refractivity contribution in [1.29, 1.82) is 0 Å². The van der Waals surface area contributed by atoms with Crippen LogP contribution in [0.3, 0.4) is 0 Å². The van der Waals surface area contributed by atoms with Crippen molar-refractivity contribution in [2.45, 2.75) is 51.6 Å². The smallest absolute Gasteiger partial charge is 0.168 e. The van der Waals surface area contributed by atoms with Crippen molar-refractivity contribution < 1.29 is 9.90 Å². The van der Waals surface area contributed by atoms with Crippen LogP contribution in [0.15, 0.2) is 42.6 Å². The van der Waals surface area contributed by atoms with Crippen LogP contribution >= 0.6 is 0 Å². The average Bonchev–Trinajstić information content (AvgIpc) is 3.15. The molecular formula is C23H28N4O2. The normalized spacial score (nSPS) is 17.7. The van der Waals surface area contributed by atoms with E-state index in [1.165, 1.54) is 5.56 Å². The van der Waals surface area contributed by atoms with Gasteiger partial charge in [-0.3, -0.25) is 4.79 Å². The van der Waals surface area contributed by atoms with E-state index in [1.54, 1.807) is 10.7 Å². The molecule has 4 rings (SSSR count). The second-order valence-corrected chi connectivity index (χ2v) is 8.88. The molecule has 0 radical (unpaired) electrons. The van der Waals surface area contributed by atoms with Crippen molar-refractivity contribution in [1.82, 2.24) is 14.6 Å². The number of aliphatic hydroxyl groups is 1. The van der Waals surface area contributed by atoms with Gasteiger partial charge in [0.1, 0.15) is 5.82 Å². The molecule has 1 N–H and O–H groups in total. The molecule has 1 aromatic carbocycles. The fraction of sp³-hybridized carbons (Fsp3) is 0.435. The monoisotopic (exact) mass is 392 g/mol. The molecule has 1 atom stereocenters. The number of carbonyl (C=O) groups excluding carboxylic acids is 1. The van der Waals surface area contributed by atoms with Gasteiger partial charge in [0.25, 0.3) is 0 Å². The van der Waals surface area contributed by atoms with Crippen molar-refractivity contribution >= 4 is 17.2 Å². The molecule has 0 unspecified atom stereocenters. The summed E-state index contributed by atoms with van der Waals surface area (Å²) in [6, 6.07) is 11.6. The van der Waals surface area contributed by atoms with Gasteiger partial charge in [-0.1, -0.05) is 45.0 Å². The van der Waals surface area contributed by atoms with Gasteiger partial charge < -0.3 is 10.0 Å². The van der Waals surface area contributed by atoms with Gasteiger partial charge in [0.15, 0.2) is 11.4 Å². The Hall–Kier alpha value is -2.73. The maximum atomic E-state index is 12.9. The summed E-state index contributed by atoms with van der Waals surface area (Å²) >= 11 is 0. The molecule has 2 aromatic heterocycles. The van der Waals surface area contributed by atoms with E-state index in [2.05, 4.69) is 35.8 Å². The number of hydrogen-bond donors (Lipinski definition) is 1. The third-order valence-corrected chi connectivity index (χ3v) is 5.53. The number of fused-ring (bicyclic) bond motifs is 1. The van der Waals surface area contributed by atoms with Crippen LogP contribution in [-0.4, -0.2) is 44.7 Å². The largest absolute Gasteiger partial charge is 0.391 e. The zero-order chi connectivity index (χ0) is 20.6. The first kappa shape index (κ1) is 19.6.